The summed E-state index contributed by atoms with van der Waals surface area (Å²) in [5, 5.41) is 0. The van der Waals surface area contributed by atoms with Gasteiger partial charge in [0.05, 0.1) is 75.1 Å². The highest BCUT2D eigenvalue weighted by Crippen LogP contribution is 2.45. The molecule has 0 aliphatic heterocycles. The molecule has 0 saturated heterocycles. The van der Waals surface area contributed by atoms with E-state index in [1.807, 2.05) is 48.5 Å². The van der Waals surface area contributed by atoms with E-state index in [1.165, 1.54) is 25.7 Å². The van der Waals surface area contributed by atoms with Crippen molar-refractivity contribution in [3.8, 4) is 46.0 Å². The molecular formula is C96H112O16. The molecule has 0 aromatic heterocycles. The molecule has 4 saturated carbocycles. The highest BCUT2D eigenvalue weighted by Gasteiger charge is 2.28. The number of ether oxygens (including phenoxy) is 12. The van der Waals surface area contributed by atoms with Crippen molar-refractivity contribution < 1.29 is 76.0 Å². The second-order valence-electron chi connectivity index (χ2n) is 31.1. The van der Waals surface area contributed by atoms with Gasteiger partial charge in [0.15, 0.2) is 0 Å². The van der Waals surface area contributed by atoms with E-state index in [1.54, 1.807) is 76.2 Å². The Hall–Kier alpha value is -9.96. The average Bonchev–Trinajstić information content (AvgIpc) is 0.777. The van der Waals surface area contributed by atoms with Crippen molar-refractivity contribution in [1.82, 2.24) is 0 Å². The zero-order valence-electron chi connectivity index (χ0n) is 66.2. The Kier molecular flexibility index (Phi) is 29.0. The van der Waals surface area contributed by atoms with Crippen molar-refractivity contribution in [1.29, 1.82) is 0 Å². The van der Waals surface area contributed by atoms with E-state index in [2.05, 4.69) is 48.5 Å². The zero-order chi connectivity index (χ0) is 77.4. The Morgan fingerprint density at radius 3 is 0.580 bits per heavy atom. The van der Waals surface area contributed by atoms with E-state index >= 15 is 0 Å². The van der Waals surface area contributed by atoms with Crippen LogP contribution in [0, 0.1) is 23.7 Å². The summed E-state index contributed by atoms with van der Waals surface area (Å²) in [6.45, 7) is 11.2. The lowest BCUT2D eigenvalue weighted by molar-refractivity contribution is 0.0516. The molecule has 0 spiro atoms. The zero-order valence-corrected chi connectivity index (χ0v) is 66.2. The largest absolute Gasteiger partial charge is 0.493 e. The number of carbonyl (C=O) groups excluding carboxylic acids is 4. The van der Waals surface area contributed by atoms with Crippen molar-refractivity contribution in [3.05, 3.63) is 235 Å². The van der Waals surface area contributed by atoms with E-state index in [4.69, 9.17) is 56.8 Å². The third-order valence-electron chi connectivity index (χ3n) is 22.7. The third-order valence-corrected chi connectivity index (χ3v) is 22.7. The number of carbonyl (C=O) groups is 4. The summed E-state index contributed by atoms with van der Waals surface area (Å²) in [4.78, 5) is 52.0. The lowest BCUT2D eigenvalue weighted by Gasteiger charge is -2.26. The number of rotatable bonds is 32. The van der Waals surface area contributed by atoms with Crippen LogP contribution < -0.4 is 37.9 Å². The van der Waals surface area contributed by atoms with E-state index in [-0.39, 0.29) is 76.7 Å². The molecule has 8 aromatic rings. The van der Waals surface area contributed by atoms with Crippen LogP contribution >= 0.6 is 0 Å². The fourth-order valence-electron chi connectivity index (χ4n) is 16.3. The Morgan fingerprint density at radius 1 is 0.241 bits per heavy atom. The highest BCUT2D eigenvalue weighted by atomic mass is 16.5. The van der Waals surface area contributed by atoms with Gasteiger partial charge in [-0.1, -0.05) is 126 Å². The summed E-state index contributed by atoms with van der Waals surface area (Å²) in [6.07, 6.45) is 24.2. The van der Waals surface area contributed by atoms with E-state index < -0.39 is 0 Å². The summed E-state index contributed by atoms with van der Waals surface area (Å²) < 4.78 is 79.9. The predicted molar refractivity (Wildman–Crippen MR) is 432 cm³/mol. The normalized spacial score (nSPS) is 15.6. The Balaban J connectivity index is 1.02. The lowest BCUT2D eigenvalue weighted by atomic mass is 9.89. The maximum absolute atomic E-state index is 13.0. The van der Waals surface area contributed by atoms with Crippen LogP contribution in [0.2, 0.25) is 0 Å². The highest BCUT2D eigenvalue weighted by molar-refractivity contribution is 5.91. The second kappa shape index (κ2) is 40.5. The van der Waals surface area contributed by atoms with Crippen molar-refractivity contribution in [2.75, 3.05) is 52.9 Å². The minimum atomic E-state index is -0.385. The summed E-state index contributed by atoms with van der Waals surface area (Å²) >= 11 is 0. The van der Waals surface area contributed by atoms with Gasteiger partial charge in [0, 0.05) is 70.2 Å². The monoisotopic (exact) mass is 1520 g/mol. The smallest absolute Gasteiger partial charge is 0.338 e. The SMILES string of the molecule is CCOC(=O)c1ccc(COc2cc3c(OCC4CCCCC4)cc2Cc2cc(OCc4ccc(C(=O)OCC)cc4)c(cc2OCC2CCCCC2)Cc2cc(OCc4ccc(C(=O)OCC)cc4)c(cc2OCC2CCCCC2)Cc2cc(OCc4ccc(C(=O)OCC)cc4)c(cc2OCC2CCCCC2)C3)cc1. The van der Waals surface area contributed by atoms with Crippen molar-refractivity contribution >= 4 is 23.9 Å². The fraction of sp³-hybridized carbons (Fsp3) is 0.458. The molecule has 0 amide bonds. The quantitative estimate of drug-likeness (QED) is 0.0287. The molecule has 4 fully saturated rings. The maximum atomic E-state index is 13.0. The molecule has 8 bridgehead atoms. The maximum Gasteiger partial charge on any atom is 0.338 e. The van der Waals surface area contributed by atoms with Gasteiger partial charge < -0.3 is 56.8 Å². The summed E-state index contributed by atoms with van der Waals surface area (Å²) in [7, 11) is 0. The van der Waals surface area contributed by atoms with Gasteiger partial charge in [-0.2, -0.15) is 0 Å². The van der Waals surface area contributed by atoms with Crippen LogP contribution in [0.25, 0.3) is 0 Å². The van der Waals surface area contributed by atoms with Gasteiger partial charge in [-0.15, -0.1) is 0 Å². The van der Waals surface area contributed by atoms with Gasteiger partial charge in [0.2, 0.25) is 0 Å². The number of benzene rings is 8. The van der Waals surface area contributed by atoms with Crippen LogP contribution in [-0.4, -0.2) is 76.7 Å². The van der Waals surface area contributed by atoms with Gasteiger partial charge in [0.25, 0.3) is 0 Å². The van der Waals surface area contributed by atoms with Crippen LogP contribution in [0.15, 0.2) is 146 Å². The van der Waals surface area contributed by atoms with E-state index in [9.17, 15) is 19.2 Å². The molecule has 14 aliphatic carbocycles. The molecule has 0 radical (unpaired) electrons. The van der Waals surface area contributed by atoms with Crippen LogP contribution in [0.4, 0.5) is 0 Å². The fourth-order valence-corrected chi connectivity index (χ4v) is 16.3. The first-order valence-corrected chi connectivity index (χ1v) is 41.6. The van der Waals surface area contributed by atoms with Crippen LogP contribution in [0.3, 0.4) is 0 Å². The average molecular weight is 1520 g/mol. The first-order valence-electron chi connectivity index (χ1n) is 41.6. The van der Waals surface area contributed by atoms with Crippen LogP contribution in [-0.2, 0) is 71.1 Å². The van der Waals surface area contributed by atoms with Crippen LogP contribution in [0.1, 0.15) is 264 Å². The summed E-state index contributed by atoms with van der Waals surface area (Å²) in [6, 6.07) is 47.0. The third kappa shape index (κ3) is 22.2. The molecule has 16 heteroatoms. The van der Waals surface area contributed by atoms with Gasteiger partial charge in [0.1, 0.15) is 72.4 Å². The minimum absolute atomic E-state index is 0.180. The Bertz CT molecular complexity index is 3840. The predicted octanol–water partition coefficient (Wildman–Crippen LogP) is 21.2. The molecule has 8 aromatic carbocycles. The molecule has 0 atom stereocenters. The van der Waals surface area contributed by atoms with Gasteiger partial charge in [-0.3, -0.25) is 0 Å². The molecule has 0 heterocycles. The van der Waals surface area contributed by atoms with Crippen molar-refractivity contribution in [3.63, 3.8) is 0 Å². The topological polar surface area (TPSA) is 179 Å². The number of hydrogen-bond donors (Lipinski definition) is 0. The Labute approximate surface area is 661 Å². The molecule has 22 rings (SSSR count). The number of esters is 4. The van der Waals surface area contributed by atoms with E-state index in [0.717, 1.165) is 192 Å². The van der Waals surface area contributed by atoms with Crippen molar-refractivity contribution in [2.24, 2.45) is 23.7 Å². The lowest BCUT2D eigenvalue weighted by Crippen LogP contribution is -2.17. The molecule has 14 aliphatic rings. The van der Waals surface area contributed by atoms with Gasteiger partial charge in [-0.05, 0) is 222 Å². The second-order valence-corrected chi connectivity index (χ2v) is 31.1. The van der Waals surface area contributed by atoms with E-state index in [0.29, 0.717) is 121 Å². The molecule has 0 N–H and O–H groups in total. The first kappa shape index (κ1) is 80.1. The van der Waals surface area contributed by atoms with Crippen LogP contribution in [0.5, 0.6) is 46.0 Å². The minimum Gasteiger partial charge on any atom is -0.493 e. The summed E-state index contributed by atoms with van der Waals surface area (Å²) in [5.74, 6) is 5.46. The first-order chi connectivity index (χ1) is 54.9. The summed E-state index contributed by atoms with van der Waals surface area (Å²) in [5.41, 5.74) is 12.3. The molecule has 592 valence electrons. The standard InChI is InChI=1S/C96H112O16/c1-5-101-93(97)73-37-29-69(30-38-73)61-109-89-53-77-46-82-50-87(107-59-67-25-17-11-18-26-67)79(55-91(82)111-63-71-33-41-75(42-34-71)95(99)103-7-3)48-84-52-88(108-60-68-27-19-12-20-28-68)80(56-92(84)112-64-72-35-43-76(44-36-72)96(100)104-8-4)47-83-51-86(106-58-66-23-15-10-16-24-66)78(45-81(89)49-85(77)105-57-65-21-13-9-14-22-65)54-90(83)110-62-70-31-39-74(40-32-70)94(98)102-6-2/h29-44,49-56,65-68H,5-28,45-48,57-64H2,1-4H3. The number of hydrogen-bond acceptors (Lipinski definition) is 16. The Morgan fingerprint density at radius 2 is 0.411 bits per heavy atom. The van der Waals surface area contributed by atoms with Gasteiger partial charge >= 0.3 is 23.9 Å². The molecule has 16 nitrogen and oxygen atoms in total. The molecule has 0 unspecified atom stereocenters. The van der Waals surface area contributed by atoms with Gasteiger partial charge in [-0.25, -0.2) is 19.2 Å². The molecule has 112 heavy (non-hydrogen) atoms. The molecular weight excluding hydrogens is 1410 g/mol. The van der Waals surface area contributed by atoms with Crippen molar-refractivity contribution in [2.45, 2.75) is 208 Å².